The van der Waals surface area contributed by atoms with E-state index in [0.29, 0.717) is 0 Å². The molecule has 0 fully saturated rings. The molecule has 1 atom stereocenters. The van der Waals surface area contributed by atoms with Crippen molar-refractivity contribution < 1.29 is 21.9 Å². The second-order valence-corrected chi connectivity index (χ2v) is 5.95. The van der Waals surface area contributed by atoms with Crippen LogP contribution in [0.15, 0.2) is 0 Å². The van der Waals surface area contributed by atoms with Crippen LogP contribution in [0, 0.1) is 5.92 Å². The SMILES string of the molecule is CCCCC(CC)COC(=O)CC[Si](F)(F)F. The Morgan fingerprint density at radius 3 is 2.41 bits per heavy atom. The highest BCUT2D eigenvalue weighted by Crippen LogP contribution is 2.18. The molecule has 0 amide bonds. The lowest BCUT2D eigenvalue weighted by atomic mass is 10.0. The molecule has 2 nitrogen and oxygen atoms in total. The van der Waals surface area contributed by atoms with Crippen molar-refractivity contribution in [2.45, 2.75) is 52.0 Å². The van der Waals surface area contributed by atoms with Crippen LogP contribution in [0.3, 0.4) is 0 Å². The molecular formula is C11H21F3O2Si. The molecule has 0 aromatic carbocycles. The highest BCUT2D eigenvalue weighted by Gasteiger charge is 2.36. The molecule has 0 rings (SSSR count). The van der Waals surface area contributed by atoms with Gasteiger partial charge in [0.15, 0.2) is 0 Å². The molecule has 0 aromatic heterocycles. The molecule has 6 heteroatoms. The van der Waals surface area contributed by atoms with Crippen LogP contribution in [-0.4, -0.2) is 21.7 Å². The third-order valence-electron chi connectivity index (χ3n) is 2.64. The summed E-state index contributed by atoms with van der Waals surface area (Å²) in [6.45, 7) is 4.33. The van der Waals surface area contributed by atoms with Crippen molar-refractivity contribution >= 4 is 15.0 Å². The summed E-state index contributed by atoms with van der Waals surface area (Å²) >= 11 is 0. The molecule has 0 saturated carbocycles. The van der Waals surface area contributed by atoms with Crippen molar-refractivity contribution in [2.75, 3.05) is 6.61 Å². The summed E-state index contributed by atoms with van der Waals surface area (Å²) in [5, 5.41) is 0. The van der Waals surface area contributed by atoms with E-state index in [1.54, 1.807) is 0 Å². The van der Waals surface area contributed by atoms with E-state index >= 15 is 0 Å². The number of hydrogen-bond donors (Lipinski definition) is 0. The van der Waals surface area contributed by atoms with E-state index in [4.69, 9.17) is 4.74 Å². The van der Waals surface area contributed by atoms with Gasteiger partial charge in [0, 0.05) is 6.04 Å². The lowest BCUT2D eigenvalue weighted by Crippen LogP contribution is -2.19. The van der Waals surface area contributed by atoms with Crippen molar-refractivity contribution in [2.24, 2.45) is 5.92 Å². The molecule has 0 N–H and O–H groups in total. The van der Waals surface area contributed by atoms with Gasteiger partial charge in [-0.05, 0) is 12.3 Å². The molecular weight excluding hydrogens is 249 g/mol. The summed E-state index contributed by atoms with van der Waals surface area (Å²) in [6, 6.07) is -0.961. The number of rotatable bonds is 9. The molecule has 102 valence electrons. The van der Waals surface area contributed by atoms with Gasteiger partial charge in [-0.3, -0.25) is 4.79 Å². The topological polar surface area (TPSA) is 26.3 Å². The Morgan fingerprint density at radius 2 is 1.94 bits per heavy atom. The van der Waals surface area contributed by atoms with Crippen LogP contribution in [0.25, 0.3) is 0 Å². The van der Waals surface area contributed by atoms with Crippen molar-refractivity contribution in [3.8, 4) is 0 Å². The monoisotopic (exact) mass is 270 g/mol. The van der Waals surface area contributed by atoms with E-state index in [9.17, 15) is 17.1 Å². The normalized spacial score (nSPS) is 13.5. The van der Waals surface area contributed by atoms with Gasteiger partial charge < -0.3 is 4.74 Å². The van der Waals surface area contributed by atoms with Crippen LogP contribution in [-0.2, 0) is 9.53 Å². The van der Waals surface area contributed by atoms with Gasteiger partial charge in [0.2, 0.25) is 0 Å². The fourth-order valence-corrected chi connectivity index (χ4v) is 1.91. The minimum atomic E-state index is -5.61. The standard InChI is InChI=1S/C11H21F3O2Si/c1-3-5-6-10(4-2)9-16-11(15)7-8-17(12,13)14/h10H,3-9H2,1-2H3. The number of esters is 1. The first-order valence-electron chi connectivity index (χ1n) is 6.11. The largest absolute Gasteiger partial charge is 0.616 e. The van der Waals surface area contributed by atoms with E-state index < -0.39 is 27.5 Å². The quantitative estimate of drug-likeness (QED) is 0.360. The van der Waals surface area contributed by atoms with Crippen molar-refractivity contribution in [3.63, 3.8) is 0 Å². The molecule has 0 radical (unpaired) electrons. The third-order valence-corrected chi connectivity index (χ3v) is 3.45. The molecule has 0 heterocycles. The average Bonchev–Trinajstić information content (AvgIpc) is 2.25. The molecule has 0 aliphatic carbocycles. The smallest absolute Gasteiger partial charge is 0.465 e. The summed E-state index contributed by atoms with van der Waals surface area (Å²) in [6.07, 6.45) is 3.48. The minimum Gasteiger partial charge on any atom is -0.465 e. The first-order chi connectivity index (χ1) is 7.89. The van der Waals surface area contributed by atoms with Crippen LogP contribution in [0.4, 0.5) is 12.3 Å². The lowest BCUT2D eigenvalue weighted by Gasteiger charge is -2.14. The van der Waals surface area contributed by atoms with Gasteiger partial charge in [-0.25, -0.2) is 12.3 Å². The van der Waals surface area contributed by atoms with Crippen molar-refractivity contribution in [1.82, 2.24) is 0 Å². The predicted molar refractivity (Wildman–Crippen MR) is 62.8 cm³/mol. The number of halogens is 3. The second kappa shape index (κ2) is 8.55. The van der Waals surface area contributed by atoms with Crippen LogP contribution in [0.1, 0.15) is 46.0 Å². The molecule has 0 aromatic rings. The number of unbranched alkanes of at least 4 members (excludes halogenated alkanes) is 1. The van der Waals surface area contributed by atoms with Gasteiger partial charge in [0.25, 0.3) is 0 Å². The van der Waals surface area contributed by atoms with Crippen LogP contribution in [0.5, 0.6) is 0 Å². The third kappa shape index (κ3) is 10.4. The Labute approximate surface area is 102 Å². The molecule has 0 saturated heterocycles. The fraction of sp³-hybridized carbons (Fsp3) is 0.909. The first kappa shape index (κ1) is 16.5. The molecule has 17 heavy (non-hydrogen) atoms. The predicted octanol–water partition coefficient (Wildman–Crippen LogP) is 3.98. The van der Waals surface area contributed by atoms with E-state index in [2.05, 4.69) is 6.92 Å². The number of hydrogen-bond acceptors (Lipinski definition) is 2. The summed E-state index contributed by atoms with van der Waals surface area (Å²) in [4.78, 5) is 11.1. The second-order valence-electron chi connectivity index (χ2n) is 4.21. The van der Waals surface area contributed by atoms with E-state index in [-0.39, 0.29) is 12.5 Å². The Hall–Kier alpha value is -0.523. The first-order valence-corrected chi connectivity index (χ1v) is 7.95. The van der Waals surface area contributed by atoms with Gasteiger partial charge >= 0.3 is 15.0 Å². The van der Waals surface area contributed by atoms with Crippen LogP contribution < -0.4 is 0 Å². The minimum absolute atomic E-state index is 0.259. The summed E-state index contributed by atoms with van der Waals surface area (Å²) < 4.78 is 40.8. The zero-order valence-electron chi connectivity index (χ0n) is 10.5. The van der Waals surface area contributed by atoms with E-state index in [1.165, 1.54) is 0 Å². The summed E-state index contributed by atoms with van der Waals surface area (Å²) in [7, 11) is -5.61. The van der Waals surface area contributed by atoms with Gasteiger partial charge in [-0.2, -0.15) is 0 Å². The molecule has 0 aliphatic rings. The highest BCUT2D eigenvalue weighted by molar-refractivity contribution is 6.58. The number of ether oxygens (including phenoxy) is 1. The molecule has 0 aliphatic heterocycles. The molecule has 0 bridgehead atoms. The van der Waals surface area contributed by atoms with E-state index in [1.807, 2.05) is 6.92 Å². The number of carbonyl (C=O) groups excluding carboxylic acids is 1. The summed E-state index contributed by atoms with van der Waals surface area (Å²) in [5.41, 5.74) is 0. The average molecular weight is 270 g/mol. The maximum atomic E-state index is 12.0. The maximum Gasteiger partial charge on any atom is 0.616 e. The van der Waals surface area contributed by atoms with Gasteiger partial charge in [-0.15, -0.1) is 0 Å². The highest BCUT2D eigenvalue weighted by atomic mass is 28.5. The molecule has 1 unspecified atom stereocenters. The Balaban J connectivity index is 3.73. The Morgan fingerprint density at radius 1 is 1.29 bits per heavy atom. The summed E-state index contributed by atoms with van der Waals surface area (Å²) in [5.74, 6) is -0.438. The van der Waals surface area contributed by atoms with Crippen molar-refractivity contribution in [1.29, 1.82) is 0 Å². The molecule has 0 spiro atoms. The van der Waals surface area contributed by atoms with Gasteiger partial charge in [-0.1, -0.05) is 33.1 Å². The number of carbonyl (C=O) groups is 1. The Kier molecular flexibility index (Phi) is 8.29. The zero-order valence-corrected chi connectivity index (χ0v) is 11.5. The lowest BCUT2D eigenvalue weighted by molar-refractivity contribution is -0.144. The van der Waals surface area contributed by atoms with Crippen LogP contribution >= 0.6 is 0 Å². The van der Waals surface area contributed by atoms with Crippen LogP contribution in [0.2, 0.25) is 6.04 Å². The zero-order chi connectivity index (χ0) is 13.3. The Bertz CT molecular complexity index is 219. The van der Waals surface area contributed by atoms with Crippen molar-refractivity contribution in [3.05, 3.63) is 0 Å². The van der Waals surface area contributed by atoms with E-state index in [0.717, 1.165) is 25.7 Å². The fourth-order valence-electron chi connectivity index (χ4n) is 1.42. The maximum absolute atomic E-state index is 12.0. The van der Waals surface area contributed by atoms with Gasteiger partial charge in [0.1, 0.15) is 0 Å². The van der Waals surface area contributed by atoms with Gasteiger partial charge in [0.05, 0.1) is 13.0 Å².